The van der Waals surface area contributed by atoms with E-state index in [4.69, 9.17) is 4.74 Å². The van der Waals surface area contributed by atoms with E-state index in [1.807, 2.05) is 0 Å². The highest BCUT2D eigenvalue weighted by molar-refractivity contribution is 5.84. The van der Waals surface area contributed by atoms with Crippen molar-refractivity contribution in [1.82, 2.24) is 21.2 Å². The largest absolute Gasteiger partial charge is 0.484 e. The maximum atomic E-state index is 14.5. The van der Waals surface area contributed by atoms with E-state index in [9.17, 15) is 40.3 Å². The van der Waals surface area contributed by atoms with Crippen LogP contribution in [0.3, 0.4) is 0 Å². The first kappa shape index (κ1) is 24.7. The van der Waals surface area contributed by atoms with E-state index in [1.54, 1.807) is 0 Å². The van der Waals surface area contributed by atoms with Crippen molar-refractivity contribution in [3.63, 3.8) is 0 Å². The molecule has 1 aromatic carbocycles. The number of rotatable bonds is 6. The topological polar surface area (TPSA) is 92.4 Å². The maximum Gasteiger partial charge on any atom is 0.472 e. The average Bonchev–Trinajstić information content (AvgIpc) is 2.69. The second-order valence-electron chi connectivity index (χ2n) is 6.18. The molecule has 0 aliphatic carbocycles. The summed E-state index contributed by atoms with van der Waals surface area (Å²) >= 11 is 0. The van der Waals surface area contributed by atoms with Gasteiger partial charge in [0.05, 0.1) is 11.7 Å². The number of nitrogens with zero attached hydrogens (tertiary/aromatic N) is 1. The van der Waals surface area contributed by atoms with Crippen LogP contribution in [-0.2, 0) is 4.79 Å². The average molecular weight is 468 g/mol. The van der Waals surface area contributed by atoms with Crippen molar-refractivity contribution in [3.05, 3.63) is 47.8 Å². The fourth-order valence-electron chi connectivity index (χ4n) is 2.43. The van der Waals surface area contributed by atoms with Crippen LogP contribution in [0.2, 0.25) is 0 Å². The van der Waals surface area contributed by atoms with Gasteiger partial charge < -0.3 is 10.1 Å². The second-order valence-corrected chi connectivity index (χ2v) is 6.18. The van der Waals surface area contributed by atoms with Crippen molar-refractivity contribution >= 4 is 11.9 Å². The van der Waals surface area contributed by atoms with Gasteiger partial charge in [-0.15, -0.1) is 0 Å². The Morgan fingerprint density at radius 3 is 2.41 bits per heavy atom. The lowest BCUT2D eigenvalue weighted by atomic mass is 10.0. The Balaban J connectivity index is 2.14. The first-order valence-electron chi connectivity index (χ1n) is 8.69. The van der Waals surface area contributed by atoms with Gasteiger partial charge in [-0.05, 0) is 19.1 Å². The smallest absolute Gasteiger partial charge is 0.472 e. The van der Waals surface area contributed by atoms with Gasteiger partial charge >= 0.3 is 18.1 Å². The summed E-state index contributed by atoms with van der Waals surface area (Å²) in [5, 5.41) is 2.05. The number of hydrogen-bond acceptors (Lipinski definition) is 4. The van der Waals surface area contributed by atoms with Crippen molar-refractivity contribution < 1.29 is 45.1 Å². The van der Waals surface area contributed by atoms with Crippen LogP contribution in [0.15, 0.2) is 30.5 Å². The van der Waals surface area contributed by atoms with Crippen LogP contribution in [0.1, 0.15) is 18.7 Å². The van der Waals surface area contributed by atoms with Gasteiger partial charge in [-0.3, -0.25) is 15.2 Å². The van der Waals surface area contributed by atoms with Crippen LogP contribution in [0.4, 0.5) is 35.5 Å². The summed E-state index contributed by atoms with van der Waals surface area (Å²) in [6, 6.07) is 1.92. The summed E-state index contributed by atoms with van der Waals surface area (Å²) in [6.07, 6.45) is -7.04. The fraction of sp³-hybridized carbons (Fsp3) is 0.278. The molecule has 1 aromatic heterocycles. The van der Waals surface area contributed by atoms with Crippen molar-refractivity contribution in [2.24, 2.45) is 0 Å². The lowest BCUT2D eigenvalue weighted by molar-refractivity contribution is -0.174. The van der Waals surface area contributed by atoms with Crippen LogP contribution in [0.5, 0.6) is 5.75 Å². The Morgan fingerprint density at radius 2 is 1.81 bits per heavy atom. The number of carbonyl (C=O) groups excluding carboxylic acids is 2. The molecule has 3 amide bonds. The predicted octanol–water partition coefficient (Wildman–Crippen LogP) is 3.62. The molecule has 0 saturated heterocycles. The molecule has 174 valence electrons. The summed E-state index contributed by atoms with van der Waals surface area (Å²) in [4.78, 5) is 26.0. The van der Waals surface area contributed by atoms with E-state index in [2.05, 4.69) is 10.3 Å². The molecule has 0 aliphatic heterocycles. The zero-order valence-electron chi connectivity index (χ0n) is 16.1. The second kappa shape index (κ2) is 10.2. The van der Waals surface area contributed by atoms with Crippen LogP contribution in [0, 0.1) is 11.6 Å². The number of benzene rings is 1. The van der Waals surface area contributed by atoms with Gasteiger partial charge in [0.25, 0.3) is 6.43 Å². The van der Waals surface area contributed by atoms with Gasteiger partial charge in [-0.25, -0.2) is 27.8 Å². The molecule has 1 heterocycles. The SMILES string of the molecule is C[C@@H](NC(=O)NNC(=O)C(F)(F)F)c1ncc(-c2cccc(F)c2OCC(F)F)cc1F. The molecule has 0 unspecified atom stereocenters. The fourth-order valence-corrected chi connectivity index (χ4v) is 2.43. The summed E-state index contributed by atoms with van der Waals surface area (Å²) in [5.41, 5.74) is 2.12. The number of para-hydroxylation sites is 1. The number of alkyl halides is 5. The number of urea groups is 1. The van der Waals surface area contributed by atoms with Gasteiger partial charge in [0.15, 0.2) is 11.6 Å². The summed E-state index contributed by atoms with van der Waals surface area (Å²) in [6.45, 7) is 0.151. The van der Waals surface area contributed by atoms with Crippen LogP contribution in [0.25, 0.3) is 11.1 Å². The predicted molar refractivity (Wildman–Crippen MR) is 95.4 cm³/mol. The van der Waals surface area contributed by atoms with E-state index < -0.39 is 54.6 Å². The van der Waals surface area contributed by atoms with Crippen molar-refractivity contribution in [2.45, 2.75) is 25.6 Å². The molecule has 0 spiro atoms. The minimum absolute atomic E-state index is 0.0240. The number of carbonyl (C=O) groups is 2. The third-order valence-electron chi connectivity index (χ3n) is 3.81. The Hall–Kier alpha value is -3.58. The summed E-state index contributed by atoms with van der Waals surface area (Å²) in [7, 11) is 0. The molecular weight excluding hydrogens is 453 g/mol. The van der Waals surface area contributed by atoms with E-state index in [0.717, 1.165) is 23.8 Å². The maximum absolute atomic E-state index is 14.5. The number of nitrogens with one attached hydrogen (secondary N) is 3. The van der Waals surface area contributed by atoms with Crippen molar-refractivity contribution in [3.8, 4) is 16.9 Å². The number of hydrogen-bond donors (Lipinski definition) is 3. The summed E-state index contributed by atoms with van der Waals surface area (Å²) < 4.78 is 94.4. The number of aromatic nitrogens is 1. The van der Waals surface area contributed by atoms with Gasteiger partial charge in [0.1, 0.15) is 12.4 Å². The van der Waals surface area contributed by atoms with E-state index in [1.165, 1.54) is 24.5 Å². The Kier molecular flexibility index (Phi) is 7.83. The van der Waals surface area contributed by atoms with Crippen LogP contribution in [-0.4, -0.2) is 36.1 Å². The molecule has 0 aliphatic rings. The molecule has 2 aromatic rings. The Morgan fingerprint density at radius 1 is 1.12 bits per heavy atom. The highest BCUT2D eigenvalue weighted by Gasteiger charge is 2.39. The minimum Gasteiger partial charge on any atom is -0.484 e. The molecule has 0 saturated carbocycles. The highest BCUT2D eigenvalue weighted by Crippen LogP contribution is 2.33. The zero-order chi connectivity index (χ0) is 24.1. The number of halogens is 7. The minimum atomic E-state index is -5.23. The molecular formula is C18H15F7N4O3. The normalized spacial score (nSPS) is 12.3. The zero-order valence-corrected chi connectivity index (χ0v) is 16.1. The first-order chi connectivity index (χ1) is 14.9. The van der Waals surface area contributed by atoms with E-state index in [0.29, 0.717) is 0 Å². The molecule has 2 rings (SSSR count). The first-order valence-corrected chi connectivity index (χ1v) is 8.69. The van der Waals surface area contributed by atoms with E-state index in [-0.39, 0.29) is 16.8 Å². The standard InChI is InChI=1S/C18H15F7N4O3/c1-8(27-17(31)29-28-16(30)18(23,24)25)14-12(20)5-9(6-26-14)10-3-2-4-11(19)15(10)32-7-13(21)22/h2-6,8,13H,7H2,1H3,(H,28,30)(H2,27,29,31)/t8-/m1/s1. The third-order valence-corrected chi connectivity index (χ3v) is 3.81. The van der Waals surface area contributed by atoms with Gasteiger partial charge in [0, 0.05) is 17.3 Å². The molecule has 0 fully saturated rings. The molecule has 1 atom stereocenters. The van der Waals surface area contributed by atoms with Gasteiger partial charge in [-0.1, -0.05) is 12.1 Å². The summed E-state index contributed by atoms with van der Waals surface area (Å²) in [5.74, 6) is -4.92. The van der Waals surface area contributed by atoms with Gasteiger partial charge in [-0.2, -0.15) is 13.2 Å². The van der Waals surface area contributed by atoms with Gasteiger partial charge in [0.2, 0.25) is 0 Å². The molecule has 0 radical (unpaired) electrons. The molecule has 0 bridgehead atoms. The van der Waals surface area contributed by atoms with Crippen molar-refractivity contribution in [2.75, 3.05) is 6.61 Å². The third kappa shape index (κ3) is 6.46. The van der Waals surface area contributed by atoms with Crippen LogP contribution >= 0.6 is 0 Å². The van der Waals surface area contributed by atoms with E-state index >= 15 is 0 Å². The number of ether oxygens (including phenoxy) is 1. The molecule has 32 heavy (non-hydrogen) atoms. The number of hydrazine groups is 1. The van der Waals surface area contributed by atoms with Crippen molar-refractivity contribution in [1.29, 1.82) is 0 Å². The molecule has 7 nitrogen and oxygen atoms in total. The van der Waals surface area contributed by atoms with Crippen LogP contribution < -0.4 is 20.9 Å². The Labute approximate surface area is 175 Å². The molecule has 14 heteroatoms. The monoisotopic (exact) mass is 468 g/mol. The highest BCUT2D eigenvalue weighted by atomic mass is 19.4. The number of pyridine rings is 1. The number of amides is 3. The quantitative estimate of drug-likeness (QED) is 0.446. The molecule has 3 N–H and O–H groups in total. The lowest BCUT2D eigenvalue weighted by Gasteiger charge is -2.17. The lowest BCUT2D eigenvalue weighted by Crippen LogP contribution is -2.51. The Bertz CT molecular complexity index is 986.